The van der Waals surface area contributed by atoms with Crippen LogP contribution in [0.3, 0.4) is 0 Å². The Kier molecular flexibility index (Phi) is 5.61. The van der Waals surface area contributed by atoms with Gasteiger partial charge in [0.1, 0.15) is 0 Å². The molecule has 0 aliphatic carbocycles. The number of hydrogen-bond donors (Lipinski definition) is 1. The number of carbonyl (C=O) groups excluding carboxylic acids is 1. The number of rotatable bonds is 6. The van der Waals surface area contributed by atoms with E-state index in [2.05, 4.69) is 10.2 Å². The quantitative estimate of drug-likeness (QED) is 0.790. The fourth-order valence-electron chi connectivity index (χ4n) is 3.21. The average Bonchev–Trinajstić information content (AvgIpc) is 3.06. The molecule has 2 aliphatic heterocycles. The first-order chi connectivity index (χ1) is 12.0. The van der Waals surface area contributed by atoms with Crippen molar-refractivity contribution >= 4 is 21.6 Å². The highest BCUT2D eigenvalue weighted by atomic mass is 32.2. The SMILES string of the molecule is CCS(=O)(=O)N1CCc2cc(C(=O)NCCN3CCOCC3)ccc21. The number of ether oxygens (including phenoxy) is 1. The molecule has 0 radical (unpaired) electrons. The largest absolute Gasteiger partial charge is 0.379 e. The summed E-state index contributed by atoms with van der Waals surface area (Å²) in [6.45, 7) is 6.78. The van der Waals surface area contributed by atoms with Crippen molar-refractivity contribution in [1.29, 1.82) is 0 Å². The summed E-state index contributed by atoms with van der Waals surface area (Å²) in [6, 6.07) is 5.25. The molecule has 1 N–H and O–H groups in total. The van der Waals surface area contributed by atoms with E-state index in [1.54, 1.807) is 19.1 Å². The summed E-state index contributed by atoms with van der Waals surface area (Å²) in [7, 11) is -3.25. The monoisotopic (exact) mass is 367 g/mol. The number of amides is 1. The Morgan fingerprint density at radius 1 is 1.24 bits per heavy atom. The minimum atomic E-state index is -3.25. The molecule has 2 aliphatic rings. The van der Waals surface area contributed by atoms with Crippen LogP contribution in [0.1, 0.15) is 22.8 Å². The van der Waals surface area contributed by atoms with Crippen molar-refractivity contribution in [1.82, 2.24) is 10.2 Å². The van der Waals surface area contributed by atoms with Crippen molar-refractivity contribution in [3.05, 3.63) is 29.3 Å². The Balaban J connectivity index is 1.59. The molecule has 0 bridgehead atoms. The predicted molar refractivity (Wildman–Crippen MR) is 96.5 cm³/mol. The van der Waals surface area contributed by atoms with E-state index in [4.69, 9.17) is 4.74 Å². The zero-order chi connectivity index (χ0) is 17.9. The van der Waals surface area contributed by atoms with Crippen molar-refractivity contribution in [3.8, 4) is 0 Å². The van der Waals surface area contributed by atoms with Gasteiger partial charge >= 0.3 is 0 Å². The molecule has 1 aromatic rings. The molecule has 7 nitrogen and oxygen atoms in total. The summed E-state index contributed by atoms with van der Waals surface area (Å²) in [6.07, 6.45) is 0.642. The van der Waals surface area contributed by atoms with Crippen LogP contribution >= 0.6 is 0 Å². The van der Waals surface area contributed by atoms with Crippen LogP contribution in [0.4, 0.5) is 5.69 Å². The lowest BCUT2D eigenvalue weighted by Crippen LogP contribution is -2.41. The van der Waals surface area contributed by atoms with Gasteiger partial charge in [0, 0.05) is 38.3 Å². The molecule has 0 aromatic heterocycles. The maximum absolute atomic E-state index is 12.3. The van der Waals surface area contributed by atoms with Crippen LogP contribution in [0.25, 0.3) is 0 Å². The molecule has 0 unspecified atom stereocenters. The number of anilines is 1. The fourth-order valence-corrected chi connectivity index (χ4v) is 4.37. The molecule has 2 heterocycles. The summed E-state index contributed by atoms with van der Waals surface area (Å²) in [5.41, 5.74) is 2.20. The number of benzene rings is 1. The van der Waals surface area contributed by atoms with E-state index < -0.39 is 10.0 Å². The van der Waals surface area contributed by atoms with Gasteiger partial charge in [-0.1, -0.05) is 0 Å². The summed E-state index contributed by atoms with van der Waals surface area (Å²) in [5.74, 6) is -0.0381. The van der Waals surface area contributed by atoms with E-state index in [0.717, 1.165) is 38.4 Å². The first-order valence-corrected chi connectivity index (χ1v) is 10.3. The minimum absolute atomic E-state index is 0.0796. The van der Waals surface area contributed by atoms with Gasteiger partial charge in [-0.2, -0.15) is 0 Å². The molecule has 0 spiro atoms. The van der Waals surface area contributed by atoms with Gasteiger partial charge in [0.25, 0.3) is 5.91 Å². The topological polar surface area (TPSA) is 79.0 Å². The number of morpholine rings is 1. The van der Waals surface area contributed by atoms with Gasteiger partial charge in [-0.3, -0.25) is 14.0 Å². The van der Waals surface area contributed by atoms with Crippen LogP contribution < -0.4 is 9.62 Å². The van der Waals surface area contributed by atoms with E-state index in [0.29, 0.717) is 30.8 Å². The number of hydrogen-bond acceptors (Lipinski definition) is 5. The molecule has 8 heteroatoms. The smallest absolute Gasteiger partial charge is 0.251 e. The van der Waals surface area contributed by atoms with Gasteiger partial charge < -0.3 is 10.1 Å². The molecular formula is C17H25N3O4S. The zero-order valence-corrected chi connectivity index (χ0v) is 15.3. The average molecular weight is 367 g/mol. The van der Waals surface area contributed by atoms with Crippen molar-refractivity contribution in [3.63, 3.8) is 0 Å². The van der Waals surface area contributed by atoms with Crippen LogP contribution in [-0.4, -0.2) is 70.9 Å². The third kappa shape index (κ3) is 4.13. The third-order valence-electron chi connectivity index (χ3n) is 4.71. The number of nitrogens with zero attached hydrogens (tertiary/aromatic N) is 2. The third-order valence-corrected chi connectivity index (χ3v) is 6.49. The molecule has 138 valence electrons. The van der Waals surface area contributed by atoms with Crippen LogP contribution in [0.5, 0.6) is 0 Å². The number of nitrogens with one attached hydrogen (secondary N) is 1. The molecule has 1 fully saturated rings. The maximum Gasteiger partial charge on any atom is 0.251 e. The number of sulfonamides is 1. The highest BCUT2D eigenvalue weighted by Crippen LogP contribution is 2.31. The second-order valence-corrected chi connectivity index (χ2v) is 8.46. The summed E-state index contributed by atoms with van der Waals surface area (Å²) in [4.78, 5) is 14.6. The predicted octanol–water partition coefficient (Wildman–Crippen LogP) is 0.461. The normalized spacial score (nSPS) is 18.2. The zero-order valence-electron chi connectivity index (χ0n) is 14.5. The molecular weight excluding hydrogens is 342 g/mol. The number of carbonyl (C=O) groups is 1. The lowest BCUT2D eigenvalue weighted by atomic mass is 10.1. The van der Waals surface area contributed by atoms with Gasteiger partial charge in [-0.15, -0.1) is 0 Å². The van der Waals surface area contributed by atoms with Gasteiger partial charge in [-0.05, 0) is 37.1 Å². The van der Waals surface area contributed by atoms with E-state index in [1.165, 1.54) is 4.31 Å². The standard InChI is InChI=1S/C17H25N3O4S/c1-2-25(22,23)20-7-5-14-13-15(3-4-16(14)20)17(21)18-6-8-19-9-11-24-12-10-19/h3-4,13H,2,5-12H2,1H3,(H,18,21). The molecule has 1 aromatic carbocycles. The minimum Gasteiger partial charge on any atom is -0.379 e. The van der Waals surface area contributed by atoms with Crippen molar-refractivity contribution < 1.29 is 17.9 Å². The second-order valence-electron chi connectivity index (χ2n) is 6.28. The lowest BCUT2D eigenvalue weighted by Gasteiger charge is -2.26. The Morgan fingerprint density at radius 3 is 2.72 bits per heavy atom. The van der Waals surface area contributed by atoms with Gasteiger partial charge in [0.2, 0.25) is 10.0 Å². The summed E-state index contributed by atoms with van der Waals surface area (Å²) >= 11 is 0. The lowest BCUT2D eigenvalue weighted by molar-refractivity contribution is 0.0383. The molecule has 1 saturated heterocycles. The van der Waals surface area contributed by atoms with Gasteiger partial charge in [0.05, 0.1) is 24.7 Å². The Morgan fingerprint density at radius 2 is 2.00 bits per heavy atom. The molecule has 25 heavy (non-hydrogen) atoms. The summed E-state index contributed by atoms with van der Waals surface area (Å²) < 4.78 is 31.0. The van der Waals surface area contributed by atoms with Gasteiger partial charge in [-0.25, -0.2) is 8.42 Å². The summed E-state index contributed by atoms with van der Waals surface area (Å²) in [5, 5.41) is 2.94. The molecule has 3 rings (SSSR count). The second kappa shape index (κ2) is 7.72. The van der Waals surface area contributed by atoms with Crippen LogP contribution in [0.2, 0.25) is 0 Å². The number of fused-ring (bicyclic) bond motifs is 1. The Labute approximate surface area is 149 Å². The highest BCUT2D eigenvalue weighted by molar-refractivity contribution is 7.92. The van der Waals surface area contributed by atoms with Crippen LogP contribution in [-0.2, 0) is 21.2 Å². The molecule has 0 atom stereocenters. The molecule has 1 amide bonds. The molecule has 0 saturated carbocycles. The van der Waals surface area contributed by atoms with E-state index in [-0.39, 0.29) is 11.7 Å². The highest BCUT2D eigenvalue weighted by Gasteiger charge is 2.28. The van der Waals surface area contributed by atoms with E-state index in [1.807, 2.05) is 6.07 Å². The first kappa shape index (κ1) is 18.2. The Bertz CT molecular complexity index is 729. The van der Waals surface area contributed by atoms with Crippen molar-refractivity contribution in [2.24, 2.45) is 0 Å². The first-order valence-electron chi connectivity index (χ1n) is 8.73. The van der Waals surface area contributed by atoms with Crippen molar-refractivity contribution in [2.45, 2.75) is 13.3 Å². The van der Waals surface area contributed by atoms with Crippen LogP contribution in [0.15, 0.2) is 18.2 Å². The van der Waals surface area contributed by atoms with Gasteiger partial charge in [0.15, 0.2) is 0 Å². The van der Waals surface area contributed by atoms with Crippen LogP contribution in [0, 0.1) is 0 Å². The van der Waals surface area contributed by atoms with E-state index in [9.17, 15) is 13.2 Å². The van der Waals surface area contributed by atoms with E-state index >= 15 is 0 Å². The van der Waals surface area contributed by atoms with Crippen molar-refractivity contribution in [2.75, 3.05) is 56.0 Å². The fraction of sp³-hybridized carbons (Fsp3) is 0.588. The Hall–Kier alpha value is -1.64. The maximum atomic E-state index is 12.3.